The summed E-state index contributed by atoms with van der Waals surface area (Å²) in [6.45, 7) is 8.14. The molecular weight excluding hydrogens is 400 g/mol. The second-order valence-corrected chi connectivity index (χ2v) is 6.99. The van der Waals surface area contributed by atoms with Crippen LogP contribution in [-0.4, -0.2) is 27.5 Å². The first kappa shape index (κ1) is 23.3. The predicted molar refractivity (Wildman–Crippen MR) is 115 cm³/mol. The number of ether oxygens (including phenoxy) is 1. The SMILES string of the molecule is CCCn1c(C)cc(/C=C(\C#N)C(=O)OC(C)C(=O)Nc2ccc([N+](=O)[O-])cc2)c1C. The van der Waals surface area contributed by atoms with E-state index >= 15 is 0 Å². The molecule has 0 saturated heterocycles. The van der Waals surface area contributed by atoms with Crippen molar-refractivity contribution >= 4 is 29.3 Å². The van der Waals surface area contributed by atoms with Gasteiger partial charge >= 0.3 is 5.97 Å². The van der Waals surface area contributed by atoms with E-state index in [1.165, 1.54) is 37.3 Å². The van der Waals surface area contributed by atoms with E-state index in [0.29, 0.717) is 5.69 Å². The highest BCUT2D eigenvalue weighted by molar-refractivity contribution is 6.01. The van der Waals surface area contributed by atoms with E-state index in [1.54, 1.807) is 0 Å². The lowest BCUT2D eigenvalue weighted by molar-refractivity contribution is -0.384. The summed E-state index contributed by atoms with van der Waals surface area (Å²) in [5.74, 6) is -1.53. The highest BCUT2D eigenvalue weighted by atomic mass is 16.6. The minimum Gasteiger partial charge on any atom is -0.448 e. The minimum atomic E-state index is -1.17. The van der Waals surface area contributed by atoms with Gasteiger partial charge in [0.2, 0.25) is 0 Å². The van der Waals surface area contributed by atoms with E-state index in [9.17, 15) is 25.0 Å². The van der Waals surface area contributed by atoms with Crippen molar-refractivity contribution in [2.45, 2.75) is 46.8 Å². The van der Waals surface area contributed by atoms with E-state index in [1.807, 2.05) is 26.0 Å². The summed E-state index contributed by atoms with van der Waals surface area (Å²) in [4.78, 5) is 34.8. The normalized spacial score (nSPS) is 12.0. The van der Waals surface area contributed by atoms with Crippen molar-refractivity contribution in [1.82, 2.24) is 4.57 Å². The number of nitro benzene ring substituents is 1. The second kappa shape index (κ2) is 10.2. The van der Waals surface area contributed by atoms with Crippen molar-refractivity contribution in [3.63, 3.8) is 0 Å². The molecule has 1 N–H and O–H groups in total. The number of non-ortho nitro benzene ring substituents is 1. The van der Waals surface area contributed by atoms with Crippen LogP contribution in [-0.2, 0) is 20.9 Å². The quantitative estimate of drug-likeness (QED) is 0.225. The molecule has 1 heterocycles. The van der Waals surface area contributed by atoms with Gasteiger partial charge in [-0.15, -0.1) is 0 Å². The smallest absolute Gasteiger partial charge is 0.349 e. The summed E-state index contributed by atoms with van der Waals surface area (Å²) in [5.41, 5.74) is 2.68. The molecule has 9 nitrogen and oxygen atoms in total. The molecule has 1 aromatic heterocycles. The molecule has 1 unspecified atom stereocenters. The van der Waals surface area contributed by atoms with Gasteiger partial charge in [-0.3, -0.25) is 14.9 Å². The van der Waals surface area contributed by atoms with Crippen LogP contribution in [0.5, 0.6) is 0 Å². The fourth-order valence-corrected chi connectivity index (χ4v) is 3.02. The zero-order valence-corrected chi connectivity index (χ0v) is 17.8. The Morgan fingerprint density at radius 1 is 1.32 bits per heavy atom. The molecule has 0 aliphatic heterocycles. The Morgan fingerprint density at radius 3 is 2.52 bits per heavy atom. The average Bonchev–Trinajstić information content (AvgIpc) is 2.99. The van der Waals surface area contributed by atoms with Gasteiger partial charge in [-0.1, -0.05) is 6.92 Å². The van der Waals surface area contributed by atoms with Crippen molar-refractivity contribution in [3.8, 4) is 6.07 Å². The van der Waals surface area contributed by atoms with Crippen molar-refractivity contribution in [2.75, 3.05) is 5.32 Å². The number of aryl methyl sites for hydroxylation is 1. The lowest BCUT2D eigenvalue weighted by Crippen LogP contribution is -2.30. The third kappa shape index (κ3) is 5.79. The molecule has 162 valence electrons. The number of anilines is 1. The van der Waals surface area contributed by atoms with Gasteiger partial charge < -0.3 is 14.6 Å². The molecule has 0 spiro atoms. The number of rotatable bonds is 8. The van der Waals surface area contributed by atoms with Gasteiger partial charge in [0.05, 0.1) is 4.92 Å². The highest BCUT2D eigenvalue weighted by Gasteiger charge is 2.21. The molecule has 0 saturated carbocycles. The number of carbonyl (C=O) groups is 2. The number of nitro groups is 1. The monoisotopic (exact) mass is 424 g/mol. The number of nitrogens with one attached hydrogen (secondary N) is 1. The van der Waals surface area contributed by atoms with E-state index in [-0.39, 0.29) is 11.3 Å². The Hall–Kier alpha value is -3.93. The predicted octanol–water partition coefficient (Wildman–Crippen LogP) is 3.90. The summed E-state index contributed by atoms with van der Waals surface area (Å²) in [6, 6.07) is 8.96. The molecule has 0 radical (unpaired) electrons. The Kier molecular flexibility index (Phi) is 7.69. The number of nitriles is 1. The van der Waals surface area contributed by atoms with Crippen LogP contribution in [0.4, 0.5) is 11.4 Å². The zero-order valence-electron chi connectivity index (χ0n) is 17.8. The van der Waals surface area contributed by atoms with Crippen LogP contribution in [0.25, 0.3) is 6.08 Å². The lowest BCUT2D eigenvalue weighted by Gasteiger charge is -2.13. The zero-order chi connectivity index (χ0) is 23.1. The van der Waals surface area contributed by atoms with Gasteiger partial charge in [-0.25, -0.2) is 4.79 Å². The van der Waals surface area contributed by atoms with Crippen LogP contribution in [0.2, 0.25) is 0 Å². The molecule has 0 bridgehead atoms. The maximum atomic E-state index is 12.4. The third-order valence-electron chi connectivity index (χ3n) is 4.70. The van der Waals surface area contributed by atoms with Crippen molar-refractivity contribution in [3.05, 3.63) is 63.0 Å². The summed E-state index contributed by atoms with van der Waals surface area (Å²) in [7, 11) is 0. The molecule has 1 amide bonds. The van der Waals surface area contributed by atoms with Crippen LogP contribution in [0.1, 0.15) is 37.2 Å². The molecule has 1 aromatic carbocycles. The van der Waals surface area contributed by atoms with Crippen LogP contribution in [0.3, 0.4) is 0 Å². The van der Waals surface area contributed by atoms with Crippen molar-refractivity contribution in [2.24, 2.45) is 0 Å². The molecule has 31 heavy (non-hydrogen) atoms. The van der Waals surface area contributed by atoms with Crippen molar-refractivity contribution in [1.29, 1.82) is 5.26 Å². The number of amides is 1. The number of nitrogens with zero attached hydrogens (tertiary/aromatic N) is 3. The average molecular weight is 424 g/mol. The summed E-state index contributed by atoms with van der Waals surface area (Å²) in [6.07, 6.45) is 1.23. The van der Waals surface area contributed by atoms with E-state index in [2.05, 4.69) is 16.8 Å². The molecular formula is C22H24N4O5. The second-order valence-electron chi connectivity index (χ2n) is 6.99. The maximum absolute atomic E-state index is 12.4. The van der Waals surface area contributed by atoms with E-state index in [4.69, 9.17) is 4.74 Å². The Labute approximate surface area is 180 Å². The van der Waals surface area contributed by atoms with E-state index in [0.717, 1.165) is 29.9 Å². The van der Waals surface area contributed by atoms with Crippen LogP contribution in [0, 0.1) is 35.3 Å². The Bertz CT molecular complexity index is 1060. The number of carbonyl (C=O) groups excluding carboxylic acids is 2. The largest absolute Gasteiger partial charge is 0.448 e. The first-order valence-corrected chi connectivity index (χ1v) is 9.72. The van der Waals surface area contributed by atoms with E-state index < -0.39 is 22.9 Å². The topological polar surface area (TPSA) is 127 Å². The molecule has 1 atom stereocenters. The fraction of sp³-hybridized carbons (Fsp3) is 0.318. The highest BCUT2D eigenvalue weighted by Crippen LogP contribution is 2.20. The molecule has 2 rings (SSSR count). The maximum Gasteiger partial charge on any atom is 0.349 e. The number of esters is 1. The summed E-state index contributed by atoms with van der Waals surface area (Å²) >= 11 is 0. The summed E-state index contributed by atoms with van der Waals surface area (Å²) in [5, 5.41) is 22.6. The van der Waals surface area contributed by atoms with Crippen molar-refractivity contribution < 1.29 is 19.2 Å². The number of benzene rings is 1. The van der Waals surface area contributed by atoms with Gasteiger partial charge in [-0.05, 0) is 57.0 Å². The molecule has 0 aliphatic rings. The first-order chi connectivity index (χ1) is 14.7. The van der Waals surface area contributed by atoms with Gasteiger partial charge in [-0.2, -0.15) is 5.26 Å². The third-order valence-corrected chi connectivity index (χ3v) is 4.70. The van der Waals surface area contributed by atoms with Crippen LogP contribution >= 0.6 is 0 Å². The van der Waals surface area contributed by atoms with Gasteiger partial charge in [0.1, 0.15) is 11.6 Å². The van der Waals surface area contributed by atoms with Crippen LogP contribution in [0.15, 0.2) is 35.9 Å². The standard InChI is InChI=1S/C22H24N4O5/c1-5-10-25-14(2)11-17(15(25)3)12-18(13-23)22(28)31-16(4)21(27)24-19-6-8-20(9-7-19)26(29)30/h6-9,11-12,16H,5,10H2,1-4H3,(H,24,27)/b18-12+. The van der Waals surface area contributed by atoms with Gasteiger partial charge in [0, 0.05) is 35.8 Å². The van der Waals surface area contributed by atoms with Gasteiger partial charge in [0.15, 0.2) is 6.10 Å². The Balaban J connectivity index is 2.08. The number of aromatic nitrogens is 1. The minimum absolute atomic E-state index is 0.112. The van der Waals surface area contributed by atoms with Gasteiger partial charge in [0.25, 0.3) is 11.6 Å². The first-order valence-electron chi connectivity index (χ1n) is 9.72. The van der Waals surface area contributed by atoms with Crippen LogP contribution < -0.4 is 5.32 Å². The molecule has 9 heteroatoms. The number of hydrogen-bond donors (Lipinski definition) is 1. The lowest BCUT2D eigenvalue weighted by atomic mass is 10.1. The Morgan fingerprint density at radius 2 is 1.97 bits per heavy atom. The fourth-order valence-electron chi connectivity index (χ4n) is 3.02. The molecule has 2 aromatic rings. The molecule has 0 aliphatic carbocycles. The number of hydrogen-bond acceptors (Lipinski definition) is 6. The summed E-state index contributed by atoms with van der Waals surface area (Å²) < 4.78 is 7.24. The molecule has 0 fully saturated rings.